The maximum atomic E-state index is 14.6. The number of ketones is 1. The number of benzene rings is 2. The van der Waals surface area contributed by atoms with Crippen LogP contribution >= 0.6 is 0 Å². The van der Waals surface area contributed by atoms with Gasteiger partial charge in [-0.15, -0.1) is 0 Å². The third kappa shape index (κ3) is 11.9. The van der Waals surface area contributed by atoms with Gasteiger partial charge in [-0.3, -0.25) is 19.4 Å². The molecule has 370 valence electrons. The predicted octanol–water partition coefficient (Wildman–Crippen LogP) is 7.46. The molecule has 67 heavy (non-hydrogen) atoms. The summed E-state index contributed by atoms with van der Waals surface area (Å²) in [6.45, 7) is 18.7. The van der Waals surface area contributed by atoms with Crippen molar-refractivity contribution in [3.05, 3.63) is 52.8 Å². The Bertz CT molecular complexity index is 2220. The summed E-state index contributed by atoms with van der Waals surface area (Å²) in [5.41, 5.74) is -0.293. The number of methoxy groups -OCH3 is 1. The van der Waals surface area contributed by atoms with Gasteiger partial charge >= 0.3 is 11.8 Å². The highest BCUT2D eigenvalue weighted by Gasteiger charge is 2.50. The van der Waals surface area contributed by atoms with E-state index in [0.29, 0.717) is 13.1 Å². The number of carbonyl (C=O) groups is 3. The van der Waals surface area contributed by atoms with Gasteiger partial charge < -0.3 is 54.7 Å². The zero-order chi connectivity index (χ0) is 49.3. The average Bonchev–Trinajstić information content (AvgIpc) is 3.40. The van der Waals surface area contributed by atoms with Gasteiger partial charge in [0.1, 0.15) is 23.4 Å². The van der Waals surface area contributed by atoms with Crippen molar-refractivity contribution in [1.29, 1.82) is 0 Å². The molecule has 1 saturated heterocycles. The summed E-state index contributed by atoms with van der Waals surface area (Å²) < 4.78 is 23.8. The van der Waals surface area contributed by atoms with Gasteiger partial charge in [0.2, 0.25) is 0 Å². The number of amides is 1. The molecule has 9 atom stereocenters. The molecule has 1 fully saturated rings. The maximum absolute atomic E-state index is 14.6. The number of phenolic OH excluding ortho intramolecular Hbond substituents is 3. The largest absolute Gasteiger partial charge is 0.507 e. The summed E-state index contributed by atoms with van der Waals surface area (Å²) in [5.74, 6) is -8.30. The minimum absolute atomic E-state index is 0.0630. The second kappa shape index (κ2) is 23.2. The van der Waals surface area contributed by atoms with Crippen LogP contribution < -0.4 is 10.1 Å². The van der Waals surface area contributed by atoms with E-state index >= 15 is 0 Å². The molecule has 9 unspecified atom stereocenters. The molecule has 0 spiro atoms. The van der Waals surface area contributed by atoms with E-state index in [9.17, 15) is 39.9 Å². The highest BCUT2D eigenvalue weighted by atomic mass is 16.7. The van der Waals surface area contributed by atoms with Crippen molar-refractivity contribution in [2.45, 2.75) is 137 Å². The summed E-state index contributed by atoms with van der Waals surface area (Å²) >= 11 is 0. The fourth-order valence-corrected chi connectivity index (χ4v) is 9.42. The molecular weight excluding hydrogens is 861 g/mol. The molecule has 0 radical (unpaired) electrons. The summed E-state index contributed by atoms with van der Waals surface area (Å²) in [7, 11) is 1.45. The molecule has 5 bridgehead atoms. The second-order valence-electron chi connectivity index (χ2n) is 18.8. The van der Waals surface area contributed by atoms with Gasteiger partial charge in [-0.2, -0.15) is 5.10 Å². The molecule has 16 heteroatoms. The molecule has 2 aromatic carbocycles. The van der Waals surface area contributed by atoms with Crippen LogP contribution in [-0.2, 0) is 23.8 Å². The number of rotatable bonds is 11. The number of aromatic hydroxyl groups is 3. The van der Waals surface area contributed by atoms with Gasteiger partial charge in [0.15, 0.2) is 5.75 Å². The lowest BCUT2D eigenvalue weighted by Crippen LogP contribution is -2.46. The molecule has 0 aromatic heterocycles. The number of hydrogen-bond acceptors (Lipinski definition) is 15. The Kier molecular flexibility index (Phi) is 18.3. The number of esters is 1. The minimum atomic E-state index is -2.05. The predicted molar refractivity (Wildman–Crippen MR) is 257 cm³/mol. The first-order chi connectivity index (χ1) is 31.8. The van der Waals surface area contributed by atoms with Crippen LogP contribution in [0.1, 0.15) is 122 Å². The molecule has 4 aliphatic heterocycles. The smallest absolute Gasteiger partial charge is 0.312 e. The van der Waals surface area contributed by atoms with Crippen molar-refractivity contribution in [3.8, 4) is 23.0 Å². The van der Waals surface area contributed by atoms with Crippen molar-refractivity contribution in [2.24, 2.45) is 28.8 Å². The third-order valence-corrected chi connectivity index (χ3v) is 13.8. The normalized spacial score (nSPS) is 29.1. The first-order valence-corrected chi connectivity index (χ1v) is 23.9. The summed E-state index contributed by atoms with van der Waals surface area (Å²) in [6.07, 6.45) is 13.1. The van der Waals surface area contributed by atoms with Crippen molar-refractivity contribution < 1.29 is 58.9 Å². The fourth-order valence-electron chi connectivity index (χ4n) is 9.42. The van der Waals surface area contributed by atoms with Crippen LogP contribution in [0.3, 0.4) is 0 Å². The first-order valence-electron chi connectivity index (χ1n) is 23.9. The van der Waals surface area contributed by atoms with Crippen molar-refractivity contribution >= 4 is 40.3 Å². The zero-order valence-corrected chi connectivity index (χ0v) is 41.0. The van der Waals surface area contributed by atoms with E-state index in [4.69, 9.17) is 24.0 Å². The lowest BCUT2D eigenvalue weighted by Gasteiger charge is -2.38. The first kappa shape index (κ1) is 52.8. The number of allylic oxidation sites excluding steroid dienone is 2. The van der Waals surface area contributed by atoms with Crippen molar-refractivity contribution in [3.63, 3.8) is 0 Å². The average molecular weight is 935 g/mol. The highest BCUT2D eigenvalue weighted by Crippen LogP contribution is 2.55. The standard InChI is InChI=1S/C51H74N4O12/c1-11-12-13-14-15-16-22-54-23-18-24-55(26-25-54)52-28-36-41-46(61)39-38(45(36)60)40-48(34(7)44(39)59)67-51(9,49(40)62)65-27-21-37(64-10)31(4)47(66-35(8)56)33(6)43(58)32(5)42(57)29(2)19-17-20-30(3)50(63)53-41/h17,19-21,27-29,31-33,37,42-43,47,57-61H,11-16,18,22-26H2,1-10H3,(H,53,63)/b19-17+,27-21+,30-20?,52-28+. The van der Waals surface area contributed by atoms with E-state index in [1.165, 1.54) is 84.6 Å². The second-order valence-corrected chi connectivity index (χ2v) is 18.8. The van der Waals surface area contributed by atoms with Crippen molar-refractivity contribution in [1.82, 2.24) is 9.91 Å². The minimum Gasteiger partial charge on any atom is -0.507 e. The summed E-state index contributed by atoms with van der Waals surface area (Å²) in [5, 5.41) is 67.9. The molecule has 4 heterocycles. The molecule has 4 aliphatic rings. The topological polar surface area (TPSA) is 220 Å². The molecular formula is C51H74N4O12. The molecule has 6 rings (SSSR count). The van der Waals surface area contributed by atoms with Crippen LogP contribution in [0.5, 0.6) is 23.0 Å². The Hall–Kier alpha value is -5.16. The Morgan fingerprint density at radius 1 is 0.910 bits per heavy atom. The number of fused-ring (bicyclic) bond motifs is 14. The SMILES string of the molecule is CCCCCCCCN1CCCN(/N=C/c2c3c(O)c4c(O)c(C)c5c(c4c2O)C(=O)C(C)(O/C=C/C(OC)C(C)C(OC(C)=O)C(C)C(O)C(C)C(O)C(C)/C=C/C=C(C)C(=O)N3)O5)CC1. The molecule has 16 nitrogen and oxygen atoms in total. The number of aliphatic hydroxyl groups is 2. The number of nitrogens with zero attached hydrogens (tertiary/aromatic N) is 3. The van der Waals surface area contributed by atoms with Crippen LogP contribution in [-0.4, -0.2) is 129 Å². The quantitative estimate of drug-likeness (QED) is 0.0424. The van der Waals surface area contributed by atoms with E-state index in [2.05, 4.69) is 17.1 Å². The fraction of sp³-hybridized carbons (Fsp3) is 0.608. The number of Topliss-reactive ketones (excluding diaryl/α,β-unsaturated/α-hetero) is 1. The number of carbonyl (C=O) groups excluding carboxylic acids is 3. The van der Waals surface area contributed by atoms with Crippen LogP contribution in [0.15, 0.2) is 41.2 Å². The number of aliphatic hydroxyl groups excluding tert-OH is 2. The number of nitrogens with one attached hydrogen (secondary N) is 1. The highest BCUT2D eigenvalue weighted by molar-refractivity contribution is 6.23. The monoisotopic (exact) mass is 935 g/mol. The number of unbranched alkanes of at least 4 members (excludes halogenated alkanes) is 5. The van der Waals surface area contributed by atoms with E-state index in [1.807, 2.05) is 5.01 Å². The van der Waals surface area contributed by atoms with Gasteiger partial charge in [-0.25, -0.2) is 0 Å². The van der Waals surface area contributed by atoms with Gasteiger partial charge in [-0.05, 0) is 45.9 Å². The molecule has 6 N–H and O–H groups in total. The van der Waals surface area contributed by atoms with Gasteiger partial charge in [-0.1, -0.05) is 85.0 Å². The van der Waals surface area contributed by atoms with E-state index < -0.39 is 88.8 Å². The number of phenols is 3. The van der Waals surface area contributed by atoms with Crippen LogP contribution in [0, 0.1) is 30.6 Å². The lowest BCUT2D eigenvalue weighted by molar-refractivity contribution is -0.160. The molecule has 0 saturated carbocycles. The van der Waals surface area contributed by atoms with E-state index in [1.54, 1.807) is 46.8 Å². The number of ether oxygens (including phenoxy) is 4. The third-order valence-electron chi connectivity index (χ3n) is 13.8. The van der Waals surface area contributed by atoms with Crippen LogP contribution in [0.4, 0.5) is 5.69 Å². The molecule has 0 aliphatic carbocycles. The van der Waals surface area contributed by atoms with Crippen LogP contribution in [0.2, 0.25) is 0 Å². The zero-order valence-electron chi connectivity index (χ0n) is 41.0. The van der Waals surface area contributed by atoms with E-state index in [-0.39, 0.29) is 44.5 Å². The Morgan fingerprint density at radius 3 is 2.30 bits per heavy atom. The number of hydrogen-bond donors (Lipinski definition) is 6. The van der Waals surface area contributed by atoms with Crippen molar-refractivity contribution in [2.75, 3.05) is 45.2 Å². The van der Waals surface area contributed by atoms with Gasteiger partial charge in [0.05, 0.1) is 53.0 Å². The Balaban J connectivity index is 1.61. The van der Waals surface area contributed by atoms with Gasteiger partial charge in [0.25, 0.3) is 11.7 Å². The molecule has 1 amide bonds. The summed E-state index contributed by atoms with van der Waals surface area (Å²) in [6, 6.07) is 0. The lowest BCUT2D eigenvalue weighted by atomic mass is 9.78. The van der Waals surface area contributed by atoms with E-state index in [0.717, 1.165) is 32.5 Å². The maximum Gasteiger partial charge on any atom is 0.312 e. The Morgan fingerprint density at radius 2 is 1.61 bits per heavy atom. The van der Waals surface area contributed by atoms with Crippen LogP contribution in [0.25, 0.3) is 10.8 Å². The molecule has 2 aromatic rings. The number of hydrazone groups is 1. The Labute approximate surface area is 395 Å². The summed E-state index contributed by atoms with van der Waals surface area (Å²) in [4.78, 5) is 43.4. The number of anilines is 1. The van der Waals surface area contributed by atoms with Gasteiger partial charge in [0, 0.05) is 80.8 Å².